The van der Waals surface area contributed by atoms with E-state index < -0.39 is 41.3 Å². The molecule has 0 radical (unpaired) electrons. The number of hydrogen-bond donors (Lipinski definition) is 2. The van der Waals surface area contributed by atoms with E-state index >= 15 is 0 Å². The smallest absolute Gasteiger partial charge is 0.325 e. The number of benzene rings is 1. The van der Waals surface area contributed by atoms with Crippen LogP contribution in [0.15, 0.2) is 24.3 Å². The van der Waals surface area contributed by atoms with Gasteiger partial charge < -0.3 is 10.6 Å². The highest BCUT2D eigenvalue weighted by Crippen LogP contribution is 2.30. The zero-order chi connectivity index (χ0) is 19.7. The van der Waals surface area contributed by atoms with Crippen molar-refractivity contribution < 1.29 is 18.8 Å². The predicted molar refractivity (Wildman–Crippen MR) is 91.0 cm³/mol. The number of rotatable bonds is 5. The minimum atomic E-state index is -1.60. The van der Waals surface area contributed by atoms with Crippen LogP contribution < -0.4 is 10.6 Å². The number of carbonyl (C=O) groups excluding carboxylic acids is 3. The molecule has 7 nitrogen and oxygen atoms in total. The average Bonchev–Trinajstić information content (AvgIpc) is 2.79. The van der Waals surface area contributed by atoms with Crippen LogP contribution in [0, 0.1) is 23.1 Å². The first-order valence-corrected chi connectivity index (χ1v) is 8.16. The molecule has 1 saturated heterocycles. The maximum absolute atomic E-state index is 14.1. The Bertz CT molecular complexity index is 804. The van der Waals surface area contributed by atoms with Crippen LogP contribution in [-0.2, 0) is 15.1 Å². The van der Waals surface area contributed by atoms with Crippen LogP contribution in [0.5, 0.6) is 0 Å². The Balaban J connectivity index is 2.21. The molecule has 2 rings (SSSR count). The third-order valence-corrected chi connectivity index (χ3v) is 4.78. The van der Waals surface area contributed by atoms with Crippen LogP contribution in [-0.4, -0.2) is 34.8 Å². The number of nitrogens with one attached hydrogen (secondary N) is 2. The molecular weight excluding hydrogens is 339 g/mol. The molecule has 0 bridgehead atoms. The van der Waals surface area contributed by atoms with Crippen LogP contribution in [0.25, 0.3) is 0 Å². The van der Waals surface area contributed by atoms with Crippen molar-refractivity contribution in [3.63, 3.8) is 0 Å². The average molecular weight is 360 g/mol. The number of carbonyl (C=O) groups is 3. The molecule has 0 saturated carbocycles. The standard InChI is InChI=1S/C18H21FN4O3/c1-11(2)17(3,10-20)21-14(24)9-23-15(25)18(4,22-16(23)26)12-7-5-6-8-13(12)19/h5-8,11H,9H2,1-4H3,(H,21,24)(H,22,26)/t17-,18-/m1/s1. The first-order valence-electron chi connectivity index (χ1n) is 8.16. The summed E-state index contributed by atoms with van der Waals surface area (Å²) < 4.78 is 14.1. The summed E-state index contributed by atoms with van der Waals surface area (Å²) in [7, 11) is 0. The number of nitrogens with zero attached hydrogens (tertiary/aromatic N) is 2. The summed E-state index contributed by atoms with van der Waals surface area (Å²) in [6, 6.07) is 6.85. The Kier molecular flexibility index (Phi) is 5.03. The first kappa shape index (κ1) is 19.4. The van der Waals surface area contributed by atoms with Crippen LogP contribution >= 0.6 is 0 Å². The van der Waals surface area contributed by atoms with E-state index in [0.717, 1.165) is 4.90 Å². The second kappa shape index (κ2) is 6.75. The molecule has 0 unspecified atom stereocenters. The first-order chi connectivity index (χ1) is 12.0. The largest absolute Gasteiger partial charge is 0.336 e. The summed E-state index contributed by atoms with van der Waals surface area (Å²) in [6.45, 7) is 5.93. The fourth-order valence-electron chi connectivity index (χ4n) is 2.66. The maximum Gasteiger partial charge on any atom is 0.325 e. The van der Waals surface area contributed by atoms with Gasteiger partial charge in [-0.1, -0.05) is 32.0 Å². The summed E-state index contributed by atoms with van der Waals surface area (Å²) in [4.78, 5) is 37.9. The lowest BCUT2D eigenvalue weighted by molar-refractivity contribution is -0.135. The molecule has 1 aliphatic rings. The minimum Gasteiger partial charge on any atom is -0.336 e. The molecule has 1 aliphatic heterocycles. The predicted octanol–water partition coefficient (Wildman–Crippen LogP) is 1.65. The zero-order valence-electron chi connectivity index (χ0n) is 15.1. The van der Waals surface area contributed by atoms with Crippen molar-refractivity contribution in [2.75, 3.05) is 6.54 Å². The summed E-state index contributed by atoms with van der Waals surface area (Å²) in [5, 5.41) is 14.3. The molecule has 0 aliphatic carbocycles. The van der Waals surface area contributed by atoms with E-state index in [0.29, 0.717) is 0 Å². The number of hydrogen-bond acceptors (Lipinski definition) is 4. The number of halogens is 1. The molecule has 4 amide bonds. The third kappa shape index (κ3) is 3.25. The van der Waals surface area contributed by atoms with Gasteiger partial charge in [-0.05, 0) is 25.8 Å². The molecule has 1 heterocycles. The van der Waals surface area contributed by atoms with Gasteiger partial charge in [0.2, 0.25) is 5.91 Å². The van der Waals surface area contributed by atoms with Crippen LogP contribution in [0.1, 0.15) is 33.3 Å². The molecule has 1 fully saturated rings. The Morgan fingerprint density at radius 1 is 1.42 bits per heavy atom. The second-order valence-electron chi connectivity index (χ2n) is 6.94. The van der Waals surface area contributed by atoms with Crippen molar-refractivity contribution in [1.29, 1.82) is 5.26 Å². The van der Waals surface area contributed by atoms with Gasteiger partial charge in [-0.25, -0.2) is 9.18 Å². The van der Waals surface area contributed by atoms with Gasteiger partial charge in [0.25, 0.3) is 5.91 Å². The summed E-state index contributed by atoms with van der Waals surface area (Å²) in [5.74, 6) is -2.19. The Morgan fingerprint density at radius 3 is 2.58 bits per heavy atom. The van der Waals surface area contributed by atoms with Crippen molar-refractivity contribution in [2.24, 2.45) is 5.92 Å². The van der Waals surface area contributed by atoms with Gasteiger partial charge in [-0.2, -0.15) is 5.26 Å². The molecule has 1 aromatic rings. The van der Waals surface area contributed by atoms with Gasteiger partial charge in [0.1, 0.15) is 23.4 Å². The Morgan fingerprint density at radius 2 is 2.04 bits per heavy atom. The minimum absolute atomic E-state index is 0.0188. The van der Waals surface area contributed by atoms with Crippen molar-refractivity contribution in [3.8, 4) is 6.07 Å². The van der Waals surface area contributed by atoms with Gasteiger partial charge in [0.15, 0.2) is 0 Å². The lowest BCUT2D eigenvalue weighted by atomic mass is 9.90. The van der Waals surface area contributed by atoms with Gasteiger partial charge in [0.05, 0.1) is 6.07 Å². The van der Waals surface area contributed by atoms with Crippen molar-refractivity contribution in [3.05, 3.63) is 35.6 Å². The molecule has 8 heteroatoms. The fraction of sp³-hybridized carbons (Fsp3) is 0.444. The SMILES string of the molecule is CC(C)[C@@](C)(C#N)NC(=O)CN1C(=O)N[C@](C)(c2ccccc2F)C1=O. The molecule has 2 N–H and O–H groups in total. The Labute approximate surface area is 151 Å². The monoisotopic (exact) mass is 360 g/mol. The molecule has 0 spiro atoms. The highest BCUT2D eigenvalue weighted by molar-refractivity contribution is 6.09. The summed E-state index contributed by atoms with van der Waals surface area (Å²) >= 11 is 0. The summed E-state index contributed by atoms with van der Waals surface area (Å²) in [6.07, 6.45) is 0. The molecule has 0 aromatic heterocycles. The highest BCUT2D eigenvalue weighted by Gasteiger charge is 2.50. The van der Waals surface area contributed by atoms with Gasteiger partial charge >= 0.3 is 6.03 Å². The van der Waals surface area contributed by atoms with E-state index in [-0.39, 0.29) is 11.5 Å². The number of nitriles is 1. The lowest BCUT2D eigenvalue weighted by Gasteiger charge is -2.28. The highest BCUT2D eigenvalue weighted by atomic mass is 19.1. The Hall–Kier alpha value is -2.95. The van der Waals surface area contributed by atoms with E-state index in [2.05, 4.69) is 10.6 Å². The fourth-order valence-corrected chi connectivity index (χ4v) is 2.66. The molecule has 2 atom stereocenters. The van der Waals surface area contributed by atoms with Crippen molar-refractivity contribution in [1.82, 2.24) is 15.5 Å². The number of imide groups is 1. The van der Waals surface area contributed by atoms with Crippen LogP contribution in [0.4, 0.5) is 9.18 Å². The van der Waals surface area contributed by atoms with Crippen LogP contribution in [0.3, 0.4) is 0 Å². The molecule has 138 valence electrons. The topological polar surface area (TPSA) is 102 Å². The normalized spacial score (nSPS) is 22.0. The van der Waals surface area contributed by atoms with Crippen molar-refractivity contribution >= 4 is 17.8 Å². The van der Waals surface area contributed by atoms with Crippen LogP contribution in [0.2, 0.25) is 0 Å². The van der Waals surface area contributed by atoms with Gasteiger partial charge in [0, 0.05) is 5.56 Å². The second-order valence-corrected chi connectivity index (χ2v) is 6.94. The van der Waals surface area contributed by atoms with Gasteiger partial charge in [-0.3, -0.25) is 14.5 Å². The van der Waals surface area contributed by atoms with E-state index in [1.54, 1.807) is 26.8 Å². The molecule has 1 aromatic carbocycles. The number of amides is 4. The van der Waals surface area contributed by atoms with E-state index in [9.17, 15) is 24.0 Å². The lowest BCUT2D eigenvalue weighted by Crippen LogP contribution is -2.52. The molecule has 26 heavy (non-hydrogen) atoms. The third-order valence-electron chi connectivity index (χ3n) is 4.78. The van der Waals surface area contributed by atoms with Crippen molar-refractivity contribution in [2.45, 2.75) is 38.8 Å². The maximum atomic E-state index is 14.1. The van der Waals surface area contributed by atoms with E-state index in [1.807, 2.05) is 6.07 Å². The number of urea groups is 1. The molecular formula is C18H21FN4O3. The summed E-state index contributed by atoms with van der Waals surface area (Å²) in [5.41, 5.74) is -2.71. The zero-order valence-corrected chi connectivity index (χ0v) is 15.1. The van der Waals surface area contributed by atoms with E-state index in [4.69, 9.17) is 0 Å². The van der Waals surface area contributed by atoms with E-state index in [1.165, 1.54) is 25.1 Å². The van der Waals surface area contributed by atoms with Gasteiger partial charge in [-0.15, -0.1) is 0 Å². The quantitative estimate of drug-likeness (QED) is 0.779.